The van der Waals surface area contributed by atoms with Crippen LogP contribution in [0.2, 0.25) is 0 Å². The lowest BCUT2D eigenvalue weighted by Crippen LogP contribution is -2.53. The van der Waals surface area contributed by atoms with Crippen molar-refractivity contribution in [3.05, 3.63) is 0 Å². The van der Waals surface area contributed by atoms with E-state index in [0.29, 0.717) is 11.8 Å². The Morgan fingerprint density at radius 1 is 1.20 bits per heavy atom. The zero-order chi connectivity index (χ0) is 11.6. The minimum Gasteiger partial charge on any atom is -0.297 e. The summed E-state index contributed by atoms with van der Waals surface area (Å²) >= 11 is 0. The van der Waals surface area contributed by atoms with E-state index >= 15 is 0 Å². The second-order valence-corrected chi connectivity index (χ2v) is 5.65. The Labute approximate surface area is 91.8 Å². The third-order valence-corrected chi connectivity index (χ3v) is 3.09. The number of hydrogen-bond acceptors (Lipinski definition) is 1. The highest BCUT2D eigenvalue weighted by Gasteiger charge is 2.38. The maximum atomic E-state index is 13.4. The molecule has 0 saturated carbocycles. The van der Waals surface area contributed by atoms with Crippen molar-refractivity contribution in [1.82, 2.24) is 4.90 Å². The Bertz CT molecular complexity index is 196. The van der Waals surface area contributed by atoms with Crippen molar-refractivity contribution in [1.29, 1.82) is 0 Å². The molecule has 0 N–H and O–H groups in total. The van der Waals surface area contributed by atoms with E-state index in [0.717, 1.165) is 13.1 Å². The van der Waals surface area contributed by atoms with Crippen LogP contribution in [0.1, 0.15) is 34.1 Å². The lowest BCUT2D eigenvalue weighted by molar-refractivity contribution is -0.0777. The Balaban J connectivity index is 2.26. The highest BCUT2D eigenvalue weighted by atomic mass is 19.3. The van der Waals surface area contributed by atoms with Crippen LogP contribution in [0.25, 0.3) is 0 Å². The highest BCUT2D eigenvalue weighted by Crippen LogP contribution is 2.30. The highest BCUT2D eigenvalue weighted by molar-refractivity contribution is 4.85. The zero-order valence-corrected chi connectivity index (χ0v) is 10.3. The fourth-order valence-electron chi connectivity index (χ4n) is 2.15. The Morgan fingerprint density at radius 2 is 1.73 bits per heavy atom. The molecular formula is C12H23F2N. The van der Waals surface area contributed by atoms with Gasteiger partial charge in [-0.1, -0.05) is 27.7 Å². The van der Waals surface area contributed by atoms with E-state index in [-0.39, 0.29) is 18.9 Å². The van der Waals surface area contributed by atoms with Gasteiger partial charge in [-0.05, 0) is 17.8 Å². The molecular weight excluding hydrogens is 196 g/mol. The standard InChI is InChI=1S/C12H23F2N/c1-9(2)5-12(13,14)8-15-6-11(7-15)10(3)4/h9-11H,5-8H2,1-4H3. The number of likely N-dealkylation sites (tertiary alicyclic amines) is 1. The summed E-state index contributed by atoms with van der Waals surface area (Å²) in [4.78, 5) is 1.88. The molecule has 1 aliphatic rings. The van der Waals surface area contributed by atoms with Gasteiger partial charge in [0.05, 0.1) is 6.54 Å². The molecule has 90 valence electrons. The lowest BCUT2D eigenvalue weighted by atomic mass is 9.88. The monoisotopic (exact) mass is 219 g/mol. The van der Waals surface area contributed by atoms with Gasteiger partial charge in [0.25, 0.3) is 5.92 Å². The lowest BCUT2D eigenvalue weighted by Gasteiger charge is -2.43. The van der Waals surface area contributed by atoms with Crippen LogP contribution in [0.5, 0.6) is 0 Å². The first-order valence-corrected chi connectivity index (χ1v) is 5.90. The van der Waals surface area contributed by atoms with Crippen LogP contribution >= 0.6 is 0 Å². The average Bonchev–Trinajstić information content (AvgIpc) is 1.92. The summed E-state index contributed by atoms with van der Waals surface area (Å²) in [6, 6.07) is 0. The number of alkyl halides is 2. The van der Waals surface area contributed by atoms with E-state index in [2.05, 4.69) is 13.8 Å². The molecule has 0 amide bonds. The summed E-state index contributed by atoms with van der Waals surface area (Å²) in [6.07, 6.45) is 0.00977. The molecule has 0 bridgehead atoms. The fourth-order valence-corrected chi connectivity index (χ4v) is 2.15. The van der Waals surface area contributed by atoms with Crippen molar-refractivity contribution in [2.45, 2.75) is 40.0 Å². The molecule has 0 unspecified atom stereocenters. The molecule has 1 rings (SSSR count). The topological polar surface area (TPSA) is 3.24 Å². The Hall–Kier alpha value is -0.180. The summed E-state index contributed by atoms with van der Waals surface area (Å²) < 4.78 is 26.9. The maximum absolute atomic E-state index is 13.4. The maximum Gasteiger partial charge on any atom is 0.260 e. The third kappa shape index (κ3) is 4.06. The van der Waals surface area contributed by atoms with Crippen LogP contribution in [-0.2, 0) is 0 Å². The van der Waals surface area contributed by atoms with E-state index < -0.39 is 5.92 Å². The normalized spacial score (nSPS) is 20.0. The van der Waals surface area contributed by atoms with Crippen LogP contribution in [0.15, 0.2) is 0 Å². The summed E-state index contributed by atoms with van der Waals surface area (Å²) in [5, 5.41) is 0. The summed E-state index contributed by atoms with van der Waals surface area (Å²) in [7, 11) is 0. The van der Waals surface area contributed by atoms with Crippen molar-refractivity contribution in [3.8, 4) is 0 Å². The van der Waals surface area contributed by atoms with E-state index in [4.69, 9.17) is 0 Å². The van der Waals surface area contributed by atoms with Crippen molar-refractivity contribution in [2.75, 3.05) is 19.6 Å². The molecule has 1 fully saturated rings. The molecule has 0 aromatic carbocycles. The summed E-state index contributed by atoms with van der Waals surface area (Å²) in [5.41, 5.74) is 0. The minimum absolute atomic E-state index is 0.00977. The molecule has 0 aliphatic carbocycles. The number of rotatable bonds is 5. The van der Waals surface area contributed by atoms with Crippen LogP contribution in [0, 0.1) is 17.8 Å². The molecule has 0 radical (unpaired) electrons. The van der Waals surface area contributed by atoms with Crippen molar-refractivity contribution in [2.24, 2.45) is 17.8 Å². The average molecular weight is 219 g/mol. The van der Waals surface area contributed by atoms with Crippen LogP contribution in [0.4, 0.5) is 8.78 Å². The predicted octanol–water partition coefficient (Wildman–Crippen LogP) is 3.26. The Kier molecular flexibility index (Phi) is 4.10. The summed E-state index contributed by atoms with van der Waals surface area (Å²) in [6.45, 7) is 9.68. The van der Waals surface area contributed by atoms with Gasteiger partial charge in [-0.25, -0.2) is 8.78 Å². The van der Waals surface area contributed by atoms with E-state index in [9.17, 15) is 8.78 Å². The van der Waals surface area contributed by atoms with Gasteiger partial charge in [-0.15, -0.1) is 0 Å². The zero-order valence-electron chi connectivity index (χ0n) is 10.3. The van der Waals surface area contributed by atoms with Gasteiger partial charge in [0.15, 0.2) is 0 Å². The second-order valence-electron chi connectivity index (χ2n) is 5.65. The molecule has 0 aromatic heterocycles. The third-order valence-electron chi connectivity index (χ3n) is 3.09. The van der Waals surface area contributed by atoms with Gasteiger partial charge in [0.1, 0.15) is 0 Å². The Morgan fingerprint density at radius 3 is 2.13 bits per heavy atom. The van der Waals surface area contributed by atoms with Crippen molar-refractivity contribution < 1.29 is 8.78 Å². The SMILES string of the molecule is CC(C)CC(F)(F)CN1CC(C(C)C)C1. The minimum atomic E-state index is -2.50. The number of hydrogen-bond donors (Lipinski definition) is 0. The molecule has 3 heteroatoms. The molecule has 1 saturated heterocycles. The van der Waals surface area contributed by atoms with Crippen LogP contribution in [-0.4, -0.2) is 30.5 Å². The molecule has 15 heavy (non-hydrogen) atoms. The molecule has 0 atom stereocenters. The van der Waals surface area contributed by atoms with Gasteiger partial charge >= 0.3 is 0 Å². The first-order chi connectivity index (χ1) is 6.80. The molecule has 1 nitrogen and oxygen atoms in total. The van der Waals surface area contributed by atoms with E-state index in [1.54, 1.807) is 0 Å². The first kappa shape index (κ1) is 12.9. The number of halogens is 2. The van der Waals surface area contributed by atoms with Gasteiger partial charge in [-0.3, -0.25) is 4.90 Å². The smallest absolute Gasteiger partial charge is 0.260 e. The van der Waals surface area contributed by atoms with E-state index in [1.165, 1.54) is 0 Å². The fraction of sp³-hybridized carbons (Fsp3) is 1.00. The second kappa shape index (κ2) is 4.77. The first-order valence-electron chi connectivity index (χ1n) is 5.90. The summed E-state index contributed by atoms with van der Waals surface area (Å²) in [5.74, 6) is -1.18. The van der Waals surface area contributed by atoms with Gasteiger partial charge in [0, 0.05) is 19.5 Å². The molecule has 1 aliphatic heterocycles. The van der Waals surface area contributed by atoms with Crippen molar-refractivity contribution >= 4 is 0 Å². The largest absolute Gasteiger partial charge is 0.297 e. The molecule has 0 aromatic rings. The van der Waals surface area contributed by atoms with Gasteiger partial charge in [-0.2, -0.15) is 0 Å². The predicted molar refractivity (Wildman–Crippen MR) is 59.2 cm³/mol. The van der Waals surface area contributed by atoms with Crippen molar-refractivity contribution in [3.63, 3.8) is 0 Å². The van der Waals surface area contributed by atoms with Crippen LogP contribution in [0.3, 0.4) is 0 Å². The van der Waals surface area contributed by atoms with E-state index in [1.807, 2.05) is 18.7 Å². The van der Waals surface area contributed by atoms with Gasteiger partial charge in [0.2, 0.25) is 0 Å². The number of nitrogens with zero attached hydrogens (tertiary/aromatic N) is 1. The molecule has 0 spiro atoms. The quantitative estimate of drug-likeness (QED) is 0.686. The van der Waals surface area contributed by atoms with Gasteiger partial charge < -0.3 is 0 Å². The molecule has 1 heterocycles. The van der Waals surface area contributed by atoms with Crippen LogP contribution < -0.4 is 0 Å².